The number of pyridine rings is 1. The summed E-state index contributed by atoms with van der Waals surface area (Å²) in [5.74, 6) is 0.244. The van der Waals surface area contributed by atoms with Crippen LogP contribution in [0.4, 0.5) is 11.6 Å². The number of nitrogens with zero attached hydrogens (tertiary/aromatic N) is 4. The van der Waals surface area contributed by atoms with E-state index in [1.807, 2.05) is 50.2 Å². The molecule has 1 aliphatic heterocycles. The molecule has 3 aromatic rings. The number of likely N-dealkylation sites (N-methyl/N-ethyl adjacent to an activating group) is 1. The van der Waals surface area contributed by atoms with Crippen molar-refractivity contribution >= 4 is 23.5 Å². The van der Waals surface area contributed by atoms with Gasteiger partial charge in [-0.2, -0.15) is 0 Å². The van der Waals surface area contributed by atoms with Gasteiger partial charge in [0.05, 0.1) is 5.69 Å². The van der Waals surface area contributed by atoms with E-state index in [-0.39, 0.29) is 18.4 Å². The molecule has 0 saturated carbocycles. The molecular weight excluding hydrogens is 416 g/mol. The topological polar surface area (TPSA) is 100 Å². The Morgan fingerprint density at radius 1 is 1.03 bits per heavy atom. The quantitative estimate of drug-likeness (QED) is 0.627. The summed E-state index contributed by atoms with van der Waals surface area (Å²) in [4.78, 5) is 41.5. The SMILES string of the molecule is CNC(=O)[C@]1(c2ccccn2)CCCN(C(=O)c2cccc(Nc3nc(C)cc(C)n3)c2)C1. The molecule has 1 atom stereocenters. The van der Waals surface area contributed by atoms with E-state index >= 15 is 0 Å². The number of benzene rings is 1. The predicted molar refractivity (Wildman–Crippen MR) is 126 cm³/mol. The van der Waals surface area contributed by atoms with Crippen molar-refractivity contribution in [1.82, 2.24) is 25.2 Å². The Balaban J connectivity index is 1.59. The molecule has 1 saturated heterocycles. The summed E-state index contributed by atoms with van der Waals surface area (Å²) in [6.45, 7) is 4.69. The minimum atomic E-state index is -0.868. The Morgan fingerprint density at radius 3 is 2.52 bits per heavy atom. The molecule has 0 aliphatic carbocycles. The fourth-order valence-corrected chi connectivity index (χ4v) is 4.45. The van der Waals surface area contributed by atoms with Gasteiger partial charge in [0.15, 0.2) is 0 Å². The van der Waals surface area contributed by atoms with Gasteiger partial charge < -0.3 is 15.5 Å². The van der Waals surface area contributed by atoms with Crippen LogP contribution in [0.1, 0.15) is 40.3 Å². The number of aryl methyl sites for hydroxylation is 2. The van der Waals surface area contributed by atoms with Crippen molar-refractivity contribution in [3.63, 3.8) is 0 Å². The maximum atomic E-state index is 13.5. The monoisotopic (exact) mass is 444 g/mol. The van der Waals surface area contributed by atoms with Crippen molar-refractivity contribution in [2.45, 2.75) is 32.1 Å². The average molecular weight is 445 g/mol. The van der Waals surface area contributed by atoms with Gasteiger partial charge in [-0.1, -0.05) is 12.1 Å². The third kappa shape index (κ3) is 4.69. The van der Waals surface area contributed by atoms with Gasteiger partial charge in [-0.05, 0) is 63.1 Å². The molecule has 170 valence electrons. The van der Waals surface area contributed by atoms with Crippen LogP contribution < -0.4 is 10.6 Å². The fourth-order valence-electron chi connectivity index (χ4n) is 4.45. The van der Waals surface area contributed by atoms with E-state index in [9.17, 15) is 9.59 Å². The maximum Gasteiger partial charge on any atom is 0.253 e. The molecule has 2 amide bonds. The van der Waals surface area contributed by atoms with E-state index < -0.39 is 5.41 Å². The van der Waals surface area contributed by atoms with Gasteiger partial charge in [0.25, 0.3) is 5.91 Å². The molecule has 2 aromatic heterocycles. The molecule has 0 radical (unpaired) electrons. The van der Waals surface area contributed by atoms with E-state index in [0.29, 0.717) is 36.6 Å². The van der Waals surface area contributed by atoms with E-state index in [4.69, 9.17) is 0 Å². The highest BCUT2D eigenvalue weighted by molar-refractivity contribution is 5.96. The van der Waals surface area contributed by atoms with Crippen molar-refractivity contribution in [1.29, 1.82) is 0 Å². The van der Waals surface area contributed by atoms with Gasteiger partial charge in [-0.3, -0.25) is 14.6 Å². The number of aromatic nitrogens is 3. The Bertz CT molecular complexity index is 1150. The Labute approximate surface area is 193 Å². The second-order valence-corrected chi connectivity index (χ2v) is 8.39. The molecule has 4 rings (SSSR count). The van der Waals surface area contributed by atoms with E-state index in [2.05, 4.69) is 25.6 Å². The largest absolute Gasteiger partial charge is 0.358 e. The molecule has 3 heterocycles. The van der Waals surface area contributed by atoms with Gasteiger partial charge in [0, 0.05) is 49.0 Å². The summed E-state index contributed by atoms with van der Waals surface area (Å²) >= 11 is 0. The Kier molecular flexibility index (Phi) is 6.35. The van der Waals surface area contributed by atoms with E-state index in [1.165, 1.54) is 0 Å². The first-order chi connectivity index (χ1) is 15.9. The van der Waals surface area contributed by atoms with Crippen molar-refractivity contribution in [2.75, 3.05) is 25.5 Å². The number of amides is 2. The molecule has 0 unspecified atom stereocenters. The van der Waals surface area contributed by atoms with Crippen LogP contribution in [-0.2, 0) is 10.2 Å². The molecule has 2 N–H and O–H groups in total. The highest BCUT2D eigenvalue weighted by atomic mass is 16.2. The zero-order valence-electron chi connectivity index (χ0n) is 19.1. The fraction of sp³-hybridized carbons (Fsp3) is 0.320. The predicted octanol–water partition coefficient (Wildman–Crippen LogP) is 3.15. The number of carbonyl (C=O) groups excluding carboxylic acids is 2. The summed E-state index contributed by atoms with van der Waals surface area (Å²) in [6, 6.07) is 14.7. The number of piperidine rings is 1. The van der Waals surface area contributed by atoms with Gasteiger partial charge >= 0.3 is 0 Å². The number of rotatable bonds is 5. The highest BCUT2D eigenvalue weighted by Crippen LogP contribution is 2.34. The lowest BCUT2D eigenvalue weighted by molar-refractivity contribution is -0.128. The molecule has 8 heteroatoms. The van der Waals surface area contributed by atoms with Crippen LogP contribution in [-0.4, -0.2) is 51.8 Å². The standard InChI is InChI=1S/C25H28N6O2/c1-17-14-18(2)29-24(28-17)30-20-9-6-8-19(15-20)22(32)31-13-7-11-25(16-31,23(33)26-3)21-10-4-5-12-27-21/h4-6,8-10,12,14-15H,7,11,13,16H2,1-3H3,(H,26,33)(H,28,29,30)/t25-/m1/s1. The second kappa shape index (κ2) is 9.36. The minimum absolute atomic E-state index is 0.121. The number of likely N-dealkylation sites (tertiary alicyclic amines) is 1. The number of hydrogen-bond donors (Lipinski definition) is 2. The minimum Gasteiger partial charge on any atom is -0.358 e. The molecule has 1 fully saturated rings. The normalized spacial score (nSPS) is 18.0. The van der Waals surface area contributed by atoms with Crippen molar-refractivity contribution in [3.05, 3.63) is 77.4 Å². The highest BCUT2D eigenvalue weighted by Gasteiger charge is 2.45. The number of anilines is 2. The molecule has 8 nitrogen and oxygen atoms in total. The van der Waals surface area contributed by atoms with E-state index in [0.717, 1.165) is 17.1 Å². The summed E-state index contributed by atoms with van der Waals surface area (Å²) in [5.41, 5.74) is 2.82. The summed E-state index contributed by atoms with van der Waals surface area (Å²) in [5, 5.41) is 5.96. The van der Waals surface area contributed by atoms with Crippen molar-refractivity contribution < 1.29 is 9.59 Å². The lowest BCUT2D eigenvalue weighted by Gasteiger charge is -2.41. The van der Waals surface area contributed by atoms with Gasteiger partial charge in [0.1, 0.15) is 5.41 Å². The van der Waals surface area contributed by atoms with Crippen LogP contribution in [0.25, 0.3) is 0 Å². The molecule has 0 spiro atoms. The van der Waals surface area contributed by atoms with E-state index in [1.54, 1.807) is 30.3 Å². The molecule has 0 bridgehead atoms. The third-order valence-corrected chi connectivity index (χ3v) is 5.94. The summed E-state index contributed by atoms with van der Waals surface area (Å²) in [7, 11) is 1.62. The Morgan fingerprint density at radius 2 is 1.82 bits per heavy atom. The van der Waals surface area contributed by atoms with Gasteiger partial charge in [0.2, 0.25) is 11.9 Å². The first-order valence-corrected chi connectivity index (χ1v) is 11.0. The lowest BCUT2D eigenvalue weighted by Crippen LogP contribution is -2.56. The zero-order chi connectivity index (χ0) is 23.4. The number of carbonyl (C=O) groups is 2. The van der Waals surface area contributed by atoms with Crippen LogP contribution in [0.15, 0.2) is 54.7 Å². The maximum absolute atomic E-state index is 13.5. The van der Waals surface area contributed by atoms with Crippen LogP contribution in [0.2, 0.25) is 0 Å². The number of hydrogen-bond acceptors (Lipinski definition) is 6. The number of nitrogens with one attached hydrogen (secondary N) is 2. The molecule has 33 heavy (non-hydrogen) atoms. The van der Waals surface area contributed by atoms with Crippen LogP contribution >= 0.6 is 0 Å². The van der Waals surface area contributed by atoms with Crippen LogP contribution in [0.5, 0.6) is 0 Å². The first kappa shape index (κ1) is 22.4. The van der Waals surface area contributed by atoms with Crippen molar-refractivity contribution in [3.8, 4) is 0 Å². The van der Waals surface area contributed by atoms with Crippen molar-refractivity contribution in [2.24, 2.45) is 0 Å². The van der Waals surface area contributed by atoms with Gasteiger partial charge in [-0.15, -0.1) is 0 Å². The second-order valence-electron chi connectivity index (χ2n) is 8.39. The average Bonchev–Trinajstić information content (AvgIpc) is 2.83. The van der Waals surface area contributed by atoms with Gasteiger partial charge in [-0.25, -0.2) is 9.97 Å². The Hall–Kier alpha value is -3.81. The van der Waals surface area contributed by atoms with Crippen LogP contribution in [0, 0.1) is 13.8 Å². The molecular formula is C25H28N6O2. The summed E-state index contributed by atoms with van der Waals surface area (Å²) in [6.07, 6.45) is 3.04. The van der Waals surface area contributed by atoms with Crippen LogP contribution in [0.3, 0.4) is 0 Å². The zero-order valence-corrected chi connectivity index (χ0v) is 19.1. The molecule has 1 aliphatic rings. The lowest BCUT2D eigenvalue weighted by atomic mass is 9.75. The third-order valence-electron chi connectivity index (χ3n) is 5.94. The first-order valence-electron chi connectivity index (χ1n) is 11.0. The smallest absolute Gasteiger partial charge is 0.253 e. The molecule has 1 aromatic carbocycles. The summed E-state index contributed by atoms with van der Waals surface area (Å²) < 4.78 is 0.